The second-order valence-corrected chi connectivity index (χ2v) is 1.89. The van der Waals surface area contributed by atoms with E-state index in [4.69, 9.17) is 0 Å². The summed E-state index contributed by atoms with van der Waals surface area (Å²) in [6.45, 7) is 0. The van der Waals surface area contributed by atoms with Crippen molar-refractivity contribution in [3.05, 3.63) is 5.21 Å². The Balaban J connectivity index is 3.02. The molecule has 0 radical (unpaired) electrons. The van der Waals surface area contributed by atoms with Gasteiger partial charge >= 0.3 is 0 Å². The van der Waals surface area contributed by atoms with E-state index >= 15 is 0 Å². The Bertz CT molecular complexity index is 22.4. The average molecular weight is 76.1 g/mol. The Labute approximate surface area is 32.2 Å². The van der Waals surface area contributed by atoms with E-state index in [0.717, 1.165) is 0 Å². The fourth-order valence-electron chi connectivity index (χ4n) is 0. The molecule has 0 bridgehead atoms. The maximum absolute atomic E-state index is 10.0. The summed E-state index contributed by atoms with van der Waals surface area (Å²) in [6, 6.07) is 0. The predicted octanol–water partition coefficient (Wildman–Crippen LogP) is 0.190. The molecule has 0 fully saturated rings. The molecular weight excluding hydrogens is 67.0 g/mol. The second kappa shape index (κ2) is 0.954. The fraction of sp³-hybridized carbons (Fsp3) is 1.00. The molecule has 0 amide bonds. The van der Waals surface area contributed by atoms with Crippen LogP contribution in [-0.2, 0) is 0 Å². The first-order valence-corrected chi connectivity index (χ1v) is 1.52. The quantitative estimate of drug-likeness (QED) is 0.229. The number of hydrogen-bond donors (Lipinski definition) is 0. The number of quaternary nitrogens is 1. The Morgan fingerprint density at radius 3 is 1.20 bits per heavy atom. The summed E-state index contributed by atoms with van der Waals surface area (Å²) >= 11 is 0. The number of hydrogen-bond acceptors (Lipinski definition) is 1. The van der Waals surface area contributed by atoms with E-state index in [2.05, 4.69) is 0 Å². The molecule has 0 saturated heterocycles. The summed E-state index contributed by atoms with van der Waals surface area (Å²) in [5.41, 5.74) is 0. The van der Waals surface area contributed by atoms with E-state index in [-0.39, 0.29) is 4.65 Å². The van der Waals surface area contributed by atoms with Gasteiger partial charge in [-0.05, 0) is 0 Å². The van der Waals surface area contributed by atoms with Crippen LogP contribution >= 0.6 is 0 Å². The van der Waals surface area contributed by atoms with Gasteiger partial charge in [-0.2, -0.15) is 0 Å². The molecule has 0 saturated carbocycles. The lowest BCUT2D eigenvalue weighted by Crippen LogP contribution is -2.25. The minimum Gasteiger partial charge on any atom is -0.633 e. The predicted molar refractivity (Wildman–Crippen MR) is 21.4 cm³/mol. The van der Waals surface area contributed by atoms with E-state index in [1.807, 2.05) is 0 Å². The van der Waals surface area contributed by atoms with Gasteiger partial charge in [0.15, 0.2) is 0 Å². The molecule has 0 heterocycles. The maximum Gasteiger partial charge on any atom is 0.0674 e. The Kier molecular flexibility index (Phi) is 0.938. The molecule has 0 spiro atoms. The smallest absolute Gasteiger partial charge is 0.0674 e. The van der Waals surface area contributed by atoms with Crippen molar-refractivity contribution in [3.8, 4) is 0 Å². The lowest BCUT2D eigenvalue weighted by Gasteiger charge is -2.27. The highest BCUT2D eigenvalue weighted by molar-refractivity contribution is 4.05. The zero-order chi connectivity index (χ0) is 4.50. The molecule has 0 N–H and O–H groups in total. The van der Waals surface area contributed by atoms with Crippen LogP contribution in [0.2, 0.25) is 0 Å². The number of nitrogens with zero attached hydrogens (tertiary/aromatic N) is 1. The minimum atomic E-state index is -0.250. The summed E-state index contributed by atoms with van der Waals surface area (Å²) in [7, 11) is 4.71. The monoisotopic (exact) mass is 76.1 g/mol. The molecule has 0 aliphatic carbocycles. The minimum absolute atomic E-state index is 0.250. The van der Waals surface area contributed by atoms with E-state index in [1.54, 1.807) is 21.1 Å². The topological polar surface area (TPSA) is 23.1 Å². The van der Waals surface area contributed by atoms with Crippen molar-refractivity contribution < 1.29 is 4.65 Å². The van der Waals surface area contributed by atoms with Crippen LogP contribution in [0, 0.1) is 5.21 Å². The molecule has 0 aromatic heterocycles. The molecule has 0 aromatic carbocycles. The zero-order valence-corrected chi connectivity index (χ0v) is 3.86. The lowest BCUT2D eigenvalue weighted by molar-refractivity contribution is -0.818. The first-order chi connectivity index (χ1) is 2.00. The van der Waals surface area contributed by atoms with Crippen LogP contribution in [0.5, 0.6) is 0 Å². The molecule has 5 heavy (non-hydrogen) atoms. The van der Waals surface area contributed by atoms with Crippen molar-refractivity contribution >= 4 is 0 Å². The lowest BCUT2D eigenvalue weighted by atomic mass is 11.2. The average Bonchev–Trinajstić information content (AvgIpc) is 0.722. The van der Waals surface area contributed by atoms with Gasteiger partial charge in [0.2, 0.25) is 0 Å². The van der Waals surface area contributed by atoms with Crippen LogP contribution in [0.25, 0.3) is 0 Å². The molecule has 0 aromatic rings. The van der Waals surface area contributed by atoms with Crippen molar-refractivity contribution in [1.29, 1.82) is 0 Å². The summed E-state index contributed by atoms with van der Waals surface area (Å²) in [6.07, 6.45) is 0. The molecule has 0 rings (SSSR count). The van der Waals surface area contributed by atoms with Gasteiger partial charge < -0.3 is 9.85 Å². The van der Waals surface area contributed by atoms with Gasteiger partial charge in [0.1, 0.15) is 0 Å². The van der Waals surface area contributed by atoms with Gasteiger partial charge in [-0.15, -0.1) is 0 Å². The van der Waals surface area contributed by atoms with Gasteiger partial charge in [-0.1, -0.05) is 0 Å². The van der Waals surface area contributed by atoms with E-state index in [0.29, 0.717) is 0 Å². The van der Waals surface area contributed by atoms with Crippen LogP contribution in [-0.4, -0.2) is 25.8 Å². The summed E-state index contributed by atoms with van der Waals surface area (Å²) in [5, 5.41) is 10.0. The van der Waals surface area contributed by atoms with Crippen LogP contribution in [0.1, 0.15) is 0 Å². The largest absolute Gasteiger partial charge is 0.633 e. The molecular formula is C3H9NO. The number of hydroxylamine groups is 3. The van der Waals surface area contributed by atoms with Crippen LogP contribution in [0.3, 0.4) is 0 Å². The highest BCUT2D eigenvalue weighted by Crippen LogP contribution is 1.77. The third-order valence-corrected chi connectivity index (χ3v) is 0. The normalized spacial score (nSPS) is 12.0. The Hall–Kier alpha value is -0.0800. The van der Waals surface area contributed by atoms with Crippen molar-refractivity contribution in [2.75, 3.05) is 21.1 Å². The maximum atomic E-state index is 10.0. The molecule has 0 aliphatic heterocycles. The SMILES string of the molecule is C[15N+](C)(C)[O-]. The standard InChI is InChI=1S/C3H9NO/c1-4(2,3)5/h1-3H3/i4+1. The van der Waals surface area contributed by atoms with Gasteiger partial charge in [0.05, 0.1) is 21.1 Å². The highest BCUT2D eigenvalue weighted by atomic mass is 16.8. The van der Waals surface area contributed by atoms with Gasteiger partial charge in [-0.3, -0.25) is 0 Å². The summed E-state index contributed by atoms with van der Waals surface area (Å²) in [4.78, 5) is 0. The van der Waals surface area contributed by atoms with E-state index < -0.39 is 0 Å². The van der Waals surface area contributed by atoms with E-state index in [1.165, 1.54) is 0 Å². The first kappa shape index (κ1) is 4.92. The molecule has 0 atom stereocenters. The summed E-state index contributed by atoms with van der Waals surface area (Å²) in [5.74, 6) is 0. The Morgan fingerprint density at radius 2 is 1.20 bits per heavy atom. The highest BCUT2D eigenvalue weighted by Gasteiger charge is 1.79. The second-order valence-electron chi connectivity index (χ2n) is 1.89. The van der Waals surface area contributed by atoms with Gasteiger partial charge in [0, 0.05) is 0 Å². The third kappa shape index (κ3) is 2260. The molecule has 2 nitrogen and oxygen atoms in total. The third-order valence-electron chi connectivity index (χ3n) is 0. The van der Waals surface area contributed by atoms with Crippen molar-refractivity contribution in [2.24, 2.45) is 0 Å². The number of rotatable bonds is 0. The van der Waals surface area contributed by atoms with E-state index in [9.17, 15) is 5.21 Å². The molecule has 0 unspecified atom stereocenters. The van der Waals surface area contributed by atoms with Crippen molar-refractivity contribution in [1.82, 2.24) is 0 Å². The van der Waals surface area contributed by atoms with Crippen molar-refractivity contribution in [3.63, 3.8) is 0 Å². The van der Waals surface area contributed by atoms with Crippen molar-refractivity contribution in [2.45, 2.75) is 0 Å². The molecule has 2 heteroatoms. The van der Waals surface area contributed by atoms with Crippen LogP contribution < -0.4 is 0 Å². The fourth-order valence-corrected chi connectivity index (χ4v) is 0. The van der Waals surface area contributed by atoms with Gasteiger partial charge in [-0.25, -0.2) is 0 Å². The van der Waals surface area contributed by atoms with Crippen LogP contribution in [0.4, 0.5) is 0 Å². The van der Waals surface area contributed by atoms with Crippen LogP contribution in [0.15, 0.2) is 0 Å². The Morgan fingerprint density at radius 1 is 1.20 bits per heavy atom. The summed E-state index contributed by atoms with van der Waals surface area (Å²) < 4.78 is -0.250. The first-order valence-electron chi connectivity index (χ1n) is 1.52. The van der Waals surface area contributed by atoms with Gasteiger partial charge in [0.25, 0.3) is 0 Å². The molecule has 32 valence electrons. The zero-order valence-electron chi connectivity index (χ0n) is 3.86. The molecule has 0 aliphatic rings.